The molecular formula is C20H27ClN8O. The Kier molecular flexibility index (Phi) is 6.68. The van der Waals surface area contributed by atoms with Crippen molar-refractivity contribution in [3.05, 3.63) is 29.3 Å². The SMILES string of the molecule is O=C(NNc1nc(N2CCCCC2)nc(N2CCCCC2)n1)Nc1cccc(Cl)c1. The molecule has 0 aliphatic carbocycles. The van der Waals surface area contributed by atoms with Crippen LogP contribution in [-0.4, -0.2) is 47.2 Å². The van der Waals surface area contributed by atoms with Gasteiger partial charge >= 0.3 is 6.03 Å². The molecule has 2 aliphatic heterocycles. The third kappa shape index (κ3) is 5.41. The van der Waals surface area contributed by atoms with Gasteiger partial charge in [-0.25, -0.2) is 10.2 Å². The molecule has 2 saturated heterocycles. The number of hydrogen-bond donors (Lipinski definition) is 3. The van der Waals surface area contributed by atoms with Crippen molar-refractivity contribution in [3.63, 3.8) is 0 Å². The predicted molar refractivity (Wildman–Crippen MR) is 119 cm³/mol. The van der Waals surface area contributed by atoms with Gasteiger partial charge in [-0.15, -0.1) is 0 Å². The molecule has 0 saturated carbocycles. The Hall–Kier alpha value is -2.81. The first-order chi connectivity index (χ1) is 14.7. The minimum absolute atomic E-state index is 0.326. The summed E-state index contributed by atoms with van der Waals surface area (Å²) in [6, 6.07) is 6.52. The van der Waals surface area contributed by atoms with E-state index in [2.05, 4.69) is 35.9 Å². The van der Waals surface area contributed by atoms with Crippen LogP contribution >= 0.6 is 11.6 Å². The summed E-state index contributed by atoms with van der Waals surface area (Å²) in [5.41, 5.74) is 6.02. The van der Waals surface area contributed by atoms with Crippen LogP contribution in [0.1, 0.15) is 38.5 Å². The minimum Gasteiger partial charge on any atom is -0.341 e. The van der Waals surface area contributed by atoms with Gasteiger partial charge in [0.05, 0.1) is 0 Å². The van der Waals surface area contributed by atoms with Crippen LogP contribution in [0, 0.1) is 0 Å². The van der Waals surface area contributed by atoms with Crippen molar-refractivity contribution in [2.45, 2.75) is 38.5 Å². The van der Waals surface area contributed by atoms with Crippen LogP contribution in [0.4, 0.5) is 28.3 Å². The third-order valence-electron chi connectivity index (χ3n) is 5.26. The van der Waals surface area contributed by atoms with Crippen molar-refractivity contribution >= 4 is 41.2 Å². The van der Waals surface area contributed by atoms with Crippen LogP contribution in [0.15, 0.2) is 24.3 Å². The molecule has 0 atom stereocenters. The highest BCUT2D eigenvalue weighted by molar-refractivity contribution is 6.30. The first-order valence-electron chi connectivity index (χ1n) is 10.5. The Morgan fingerprint density at radius 1 is 0.867 bits per heavy atom. The van der Waals surface area contributed by atoms with Crippen LogP contribution in [0.5, 0.6) is 0 Å². The number of urea groups is 1. The van der Waals surface area contributed by atoms with Crippen molar-refractivity contribution in [2.24, 2.45) is 0 Å². The maximum absolute atomic E-state index is 12.3. The average Bonchev–Trinajstić information content (AvgIpc) is 2.79. The molecule has 2 aliphatic rings. The Balaban J connectivity index is 1.47. The number of anilines is 4. The first-order valence-corrected chi connectivity index (χ1v) is 10.9. The van der Waals surface area contributed by atoms with Gasteiger partial charge in [0.25, 0.3) is 0 Å². The largest absolute Gasteiger partial charge is 0.341 e. The zero-order valence-electron chi connectivity index (χ0n) is 16.9. The fourth-order valence-corrected chi connectivity index (χ4v) is 3.91. The number of hydrazine groups is 1. The van der Waals surface area contributed by atoms with E-state index in [4.69, 9.17) is 16.6 Å². The van der Waals surface area contributed by atoms with Gasteiger partial charge < -0.3 is 15.1 Å². The van der Waals surface area contributed by atoms with E-state index in [1.54, 1.807) is 24.3 Å². The van der Waals surface area contributed by atoms with Crippen molar-refractivity contribution in [3.8, 4) is 0 Å². The van der Waals surface area contributed by atoms with E-state index < -0.39 is 6.03 Å². The lowest BCUT2D eigenvalue weighted by Gasteiger charge is -2.30. The summed E-state index contributed by atoms with van der Waals surface area (Å²) in [4.78, 5) is 30.5. The number of amides is 2. The number of hydrogen-bond acceptors (Lipinski definition) is 7. The van der Waals surface area contributed by atoms with Gasteiger partial charge in [-0.3, -0.25) is 5.43 Å². The van der Waals surface area contributed by atoms with Gasteiger partial charge in [0.1, 0.15) is 0 Å². The zero-order chi connectivity index (χ0) is 20.8. The molecule has 160 valence electrons. The highest BCUT2D eigenvalue weighted by Gasteiger charge is 2.20. The van der Waals surface area contributed by atoms with Crippen LogP contribution in [-0.2, 0) is 0 Å². The van der Waals surface area contributed by atoms with Crippen molar-refractivity contribution in [1.82, 2.24) is 20.4 Å². The second-order valence-electron chi connectivity index (χ2n) is 7.57. The van der Waals surface area contributed by atoms with Crippen molar-refractivity contribution in [2.75, 3.05) is 46.7 Å². The van der Waals surface area contributed by atoms with Gasteiger partial charge in [0, 0.05) is 36.9 Å². The third-order valence-corrected chi connectivity index (χ3v) is 5.50. The number of halogens is 1. The van der Waals surface area contributed by atoms with E-state index in [-0.39, 0.29) is 0 Å². The molecule has 9 nitrogen and oxygen atoms in total. The highest BCUT2D eigenvalue weighted by atomic mass is 35.5. The molecule has 3 heterocycles. The second-order valence-corrected chi connectivity index (χ2v) is 8.01. The van der Waals surface area contributed by atoms with Gasteiger partial charge in [-0.1, -0.05) is 17.7 Å². The molecule has 0 radical (unpaired) electrons. The fraction of sp³-hybridized carbons (Fsp3) is 0.500. The molecule has 30 heavy (non-hydrogen) atoms. The summed E-state index contributed by atoms with van der Waals surface area (Å²) in [5.74, 6) is 1.64. The molecule has 4 rings (SSSR count). The summed E-state index contributed by atoms with van der Waals surface area (Å²) in [5, 5.41) is 3.27. The summed E-state index contributed by atoms with van der Waals surface area (Å²) in [6.07, 6.45) is 7.00. The van der Waals surface area contributed by atoms with E-state index >= 15 is 0 Å². The highest BCUT2D eigenvalue weighted by Crippen LogP contribution is 2.22. The average molecular weight is 431 g/mol. The standard InChI is InChI=1S/C20H27ClN8O/c21-15-8-7-9-16(14-15)22-20(30)27-26-17-23-18(28-10-3-1-4-11-28)25-19(24-17)29-12-5-2-6-13-29/h7-9,14H,1-6,10-13H2,(H2,22,27,30)(H,23,24,25,26). The lowest BCUT2D eigenvalue weighted by molar-refractivity contribution is 0.253. The molecule has 3 N–H and O–H groups in total. The molecular weight excluding hydrogens is 404 g/mol. The number of nitrogens with one attached hydrogen (secondary N) is 3. The maximum Gasteiger partial charge on any atom is 0.337 e. The molecule has 1 aromatic heterocycles. The van der Waals surface area contributed by atoms with E-state index in [0.717, 1.165) is 51.9 Å². The van der Waals surface area contributed by atoms with Gasteiger partial charge in [0.15, 0.2) is 0 Å². The first kappa shape index (κ1) is 20.5. The lowest BCUT2D eigenvalue weighted by Crippen LogP contribution is -2.37. The Morgan fingerprint density at radius 3 is 2.03 bits per heavy atom. The quantitative estimate of drug-likeness (QED) is 0.622. The molecule has 0 unspecified atom stereocenters. The molecule has 2 fully saturated rings. The van der Waals surface area contributed by atoms with Crippen molar-refractivity contribution < 1.29 is 4.79 Å². The number of rotatable bonds is 5. The molecule has 2 amide bonds. The van der Waals surface area contributed by atoms with Crippen LogP contribution in [0.3, 0.4) is 0 Å². The minimum atomic E-state index is -0.434. The summed E-state index contributed by atoms with van der Waals surface area (Å²) < 4.78 is 0. The van der Waals surface area contributed by atoms with E-state index in [9.17, 15) is 4.79 Å². The number of aromatic nitrogens is 3. The van der Waals surface area contributed by atoms with Crippen LogP contribution in [0.2, 0.25) is 5.02 Å². The molecule has 10 heteroatoms. The summed E-state index contributed by atoms with van der Waals surface area (Å²) in [6.45, 7) is 3.74. The molecule has 1 aromatic carbocycles. The Bertz CT molecular complexity index is 831. The maximum atomic E-state index is 12.3. The van der Waals surface area contributed by atoms with Crippen LogP contribution in [0.25, 0.3) is 0 Å². The molecule has 0 spiro atoms. The number of carbonyl (C=O) groups excluding carboxylic acids is 1. The van der Waals surface area contributed by atoms with E-state index in [1.165, 1.54) is 12.8 Å². The number of benzene rings is 1. The Morgan fingerprint density at radius 2 is 1.47 bits per heavy atom. The zero-order valence-corrected chi connectivity index (χ0v) is 17.7. The van der Waals surface area contributed by atoms with Crippen molar-refractivity contribution in [1.29, 1.82) is 0 Å². The monoisotopic (exact) mass is 430 g/mol. The van der Waals surface area contributed by atoms with Crippen LogP contribution < -0.4 is 26.0 Å². The fourth-order valence-electron chi connectivity index (χ4n) is 3.72. The lowest BCUT2D eigenvalue weighted by atomic mass is 10.1. The topological polar surface area (TPSA) is 98.3 Å². The predicted octanol–water partition coefficient (Wildman–Crippen LogP) is 3.65. The summed E-state index contributed by atoms with van der Waals surface area (Å²) >= 11 is 5.96. The number of piperidine rings is 2. The molecule has 0 bridgehead atoms. The van der Waals surface area contributed by atoms with Gasteiger partial charge in [-0.2, -0.15) is 15.0 Å². The van der Waals surface area contributed by atoms with E-state index in [1.807, 2.05) is 0 Å². The summed E-state index contributed by atoms with van der Waals surface area (Å²) in [7, 11) is 0. The normalized spacial score (nSPS) is 16.8. The van der Waals surface area contributed by atoms with Gasteiger partial charge in [-0.05, 0) is 56.7 Å². The van der Waals surface area contributed by atoms with E-state index in [0.29, 0.717) is 28.6 Å². The molecule has 2 aromatic rings. The number of carbonyl (C=O) groups is 1. The second kappa shape index (κ2) is 9.80. The number of nitrogens with zero attached hydrogens (tertiary/aromatic N) is 5. The smallest absolute Gasteiger partial charge is 0.337 e. The van der Waals surface area contributed by atoms with Gasteiger partial charge in [0.2, 0.25) is 17.8 Å². The Labute approximate surface area is 181 Å².